The van der Waals surface area contributed by atoms with Crippen LogP contribution >= 0.6 is 11.3 Å². The van der Waals surface area contributed by atoms with Crippen LogP contribution in [-0.2, 0) is 6.54 Å². The molecule has 0 radical (unpaired) electrons. The van der Waals surface area contributed by atoms with Crippen LogP contribution < -0.4 is 5.32 Å². The average molecular weight is 313 g/mol. The molecular weight excluding hydrogens is 294 g/mol. The molecule has 0 saturated heterocycles. The molecule has 1 aromatic carbocycles. The summed E-state index contributed by atoms with van der Waals surface area (Å²) in [5, 5.41) is 12.5. The lowest BCUT2D eigenvalue weighted by Gasteiger charge is -2.01. The molecule has 22 heavy (non-hydrogen) atoms. The van der Waals surface area contributed by atoms with Crippen LogP contribution in [0.1, 0.15) is 30.5 Å². The van der Waals surface area contributed by atoms with E-state index >= 15 is 0 Å². The molecule has 0 aliphatic carbocycles. The second-order valence-corrected chi connectivity index (χ2v) is 6.63. The number of aryl methyl sites for hydroxylation is 1. The van der Waals surface area contributed by atoms with E-state index in [1.807, 2.05) is 17.1 Å². The van der Waals surface area contributed by atoms with Gasteiger partial charge in [-0.15, -0.1) is 16.4 Å². The summed E-state index contributed by atoms with van der Waals surface area (Å²) in [6, 6.07) is 8.79. The van der Waals surface area contributed by atoms with Gasteiger partial charge >= 0.3 is 0 Å². The second-order valence-electron chi connectivity index (χ2n) is 5.52. The van der Waals surface area contributed by atoms with Gasteiger partial charge in [0.05, 0.1) is 17.6 Å². The average Bonchev–Trinajstić information content (AvgIpc) is 3.14. The predicted molar refractivity (Wildman–Crippen MR) is 90.0 cm³/mol. The van der Waals surface area contributed by atoms with Gasteiger partial charge in [-0.1, -0.05) is 35.0 Å². The minimum atomic E-state index is 0.316. The molecule has 0 aliphatic heterocycles. The third-order valence-electron chi connectivity index (χ3n) is 3.32. The Kier molecular flexibility index (Phi) is 4.20. The Morgan fingerprint density at radius 1 is 1.32 bits per heavy atom. The van der Waals surface area contributed by atoms with Crippen molar-refractivity contribution in [3.05, 3.63) is 47.2 Å². The minimum absolute atomic E-state index is 0.316. The van der Waals surface area contributed by atoms with Crippen LogP contribution in [0.25, 0.3) is 10.4 Å². The fourth-order valence-corrected chi connectivity index (χ4v) is 2.95. The highest BCUT2D eigenvalue weighted by atomic mass is 32.1. The maximum atomic E-state index is 4.48. The van der Waals surface area contributed by atoms with Crippen molar-refractivity contribution in [2.75, 3.05) is 5.32 Å². The SMILES string of the molecule is Cc1cccc(-c2cnc(CNc3cn(C(C)C)nn3)s2)c1. The fraction of sp³-hybridized carbons (Fsp3) is 0.312. The second kappa shape index (κ2) is 6.27. The van der Waals surface area contributed by atoms with E-state index in [4.69, 9.17) is 0 Å². The molecule has 3 aromatic rings. The van der Waals surface area contributed by atoms with E-state index < -0.39 is 0 Å². The fourth-order valence-electron chi connectivity index (χ4n) is 2.10. The molecule has 0 unspecified atom stereocenters. The van der Waals surface area contributed by atoms with Gasteiger partial charge in [-0.25, -0.2) is 9.67 Å². The van der Waals surface area contributed by atoms with Gasteiger partial charge in [0, 0.05) is 12.2 Å². The van der Waals surface area contributed by atoms with Gasteiger partial charge in [0.1, 0.15) is 5.01 Å². The Bertz CT molecular complexity index is 759. The highest BCUT2D eigenvalue weighted by Gasteiger charge is 2.07. The normalized spacial score (nSPS) is 11.1. The first-order valence-corrected chi connectivity index (χ1v) is 8.11. The smallest absolute Gasteiger partial charge is 0.168 e. The van der Waals surface area contributed by atoms with E-state index in [1.54, 1.807) is 11.3 Å². The molecule has 6 heteroatoms. The predicted octanol–water partition coefficient (Wildman–Crippen LogP) is 3.90. The Balaban J connectivity index is 1.66. The molecule has 0 atom stereocenters. The molecule has 2 aromatic heterocycles. The zero-order valence-electron chi connectivity index (χ0n) is 12.9. The van der Waals surface area contributed by atoms with E-state index in [9.17, 15) is 0 Å². The Morgan fingerprint density at radius 3 is 2.91 bits per heavy atom. The molecule has 0 spiro atoms. The monoisotopic (exact) mass is 313 g/mol. The van der Waals surface area contributed by atoms with Crippen molar-refractivity contribution in [3.63, 3.8) is 0 Å². The van der Waals surface area contributed by atoms with Gasteiger partial charge in [-0.05, 0) is 26.3 Å². The van der Waals surface area contributed by atoms with Crippen LogP contribution in [0.15, 0.2) is 36.7 Å². The maximum absolute atomic E-state index is 4.48. The van der Waals surface area contributed by atoms with Crippen LogP contribution in [0.4, 0.5) is 5.82 Å². The van der Waals surface area contributed by atoms with Crippen molar-refractivity contribution in [3.8, 4) is 10.4 Å². The van der Waals surface area contributed by atoms with E-state index in [-0.39, 0.29) is 0 Å². The van der Waals surface area contributed by atoms with Crippen LogP contribution in [0.3, 0.4) is 0 Å². The first-order valence-electron chi connectivity index (χ1n) is 7.29. The highest BCUT2D eigenvalue weighted by molar-refractivity contribution is 7.15. The van der Waals surface area contributed by atoms with Crippen LogP contribution in [-0.4, -0.2) is 20.0 Å². The summed E-state index contributed by atoms with van der Waals surface area (Å²) in [7, 11) is 0. The molecule has 2 heterocycles. The minimum Gasteiger partial charge on any atom is -0.361 e. The Hall–Kier alpha value is -2.21. The summed E-state index contributed by atoms with van der Waals surface area (Å²) in [6.07, 6.45) is 3.85. The summed E-state index contributed by atoms with van der Waals surface area (Å²) in [4.78, 5) is 5.67. The quantitative estimate of drug-likeness (QED) is 0.776. The Morgan fingerprint density at radius 2 is 2.18 bits per heavy atom. The number of rotatable bonds is 5. The topological polar surface area (TPSA) is 55.6 Å². The van der Waals surface area contributed by atoms with Crippen LogP contribution in [0, 0.1) is 6.92 Å². The molecule has 0 aliphatic rings. The molecule has 0 fully saturated rings. The molecule has 5 nitrogen and oxygen atoms in total. The van der Waals surface area contributed by atoms with E-state index in [0.717, 1.165) is 10.8 Å². The lowest BCUT2D eigenvalue weighted by atomic mass is 10.1. The zero-order valence-corrected chi connectivity index (χ0v) is 13.8. The van der Waals surface area contributed by atoms with Gasteiger partial charge < -0.3 is 5.32 Å². The molecule has 1 N–H and O–H groups in total. The van der Waals surface area contributed by atoms with Gasteiger partial charge in [0.15, 0.2) is 5.82 Å². The molecule has 114 valence electrons. The molecule has 0 bridgehead atoms. The number of aromatic nitrogens is 4. The van der Waals surface area contributed by atoms with Gasteiger partial charge in [-0.3, -0.25) is 0 Å². The molecule has 0 saturated carbocycles. The number of nitrogens with one attached hydrogen (secondary N) is 1. The van der Waals surface area contributed by atoms with Crippen molar-refractivity contribution in [1.82, 2.24) is 20.0 Å². The number of thiazole rings is 1. The molecular formula is C16H19N5S. The first-order chi connectivity index (χ1) is 10.6. The van der Waals surface area contributed by atoms with Crippen LogP contribution in [0.5, 0.6) is 0 Å². The Labute approximate surface area is 134 Å². The van der Waals surface area contributed by atoms with Crippen molar-refractivity contribution >= 4 is 17.2 Å². The third kappa shape index (κ3) is 3.33. The van der Waals surface area contributed by atoms with Gasteiger partial charge in [-0.2, -0.15) is 0 Å². The molecule has 3 rings (SSSR count). The summed E-state index contributed by atoms with van der Waals surface area (Å²) < 4.78 is 1.84. The first kappa shape index (κ1) is 14.7. The van der Waals surface area contributed by atoms with E-state index in [0.29, 0.717) is 12.6 Å². The summed E-state index contributed by atoms with van der Waals surface area (Å²) in [5.41, 5.74) is 2.48. The summed E-state index contributed by atoms with van der Waals surface area (Å²) in [6.45, 7) is 6.92. The van der Waals surface area contributed by atoms with Crippen molar-refractivity contribution in [1.29, 1.82) is 0 Å². The number of hydrogen-bond acceptors (Lipinski definition) is 5. The zero-order chi connectivity index (χ0) is 15.5. The van der Waals surface area contributed by atoms with Crippen molar-refractivity contribution < 1.29 is 0 Å². The van der Waals surface area contributed by atoms with E-state index in [1.165, 1.54) is 16.0 Å². The number of benzene rings is 1. The number of hydrogen-bond donors (Lipinski definition) is 1. The highest BCUT2D eigenvalue weighted by Crippen LogP contribution is 2.27. The number of anilines is 1. The van der Waals surface area contributed by atoms with Gasteiger partial charge in [0.2, 0.25) is 0 Å². The maximum Gasteiger partial charge on any atom is 0.168 e. The van der Waals surface area contributed by atoms with Gasteiger partial charge in [0.25, 0.3) is 0 Å². The van der Waals surface area contributed by atoms with Crippen LogP contribution in [0.2, 0.25) is 0 Å². The van der Waals surface area contributed by atoms with Crippen molar-refractivity contribution in [2.45, 2.75) is 33.4 Å². The standard InChI is InChI=1S/C16H19N5S/c1-11(2)21-10-15(19-20-21)17-9-16-18-8-14(22-16)13-6-4-5-12(3)7-13/h4-8,10-11,17H,9H2,1-3H3. The van der Waals surface area contributed by atoms with Crippen molar-refractivity contribution in [2.24, 2.45) is 0 Å². The summed E-state index contributed by atoms with van der Waals surface area (Å²) in [5.74, 6) is 0.779. The largest absolute Gasteiger partial charge is 0.361 e. The van der Waals surface area contributed by atoms with E-state index in [2.05, 4.69) is 65.6 Å². The lowest BCUT2D eigenvalue weighted by Crippen LogP contribution is -2.00. The number of nitrogens with zero attached hydrogens (tertiary/aromatic N) is 4. The third-order valence-corrected chi connectivity index (χ3v) is 4.36. The molecule has 0 amide bonds. The lowest BCUT2D eigenvalue weighted by molar-refractivity contribution is 0.514. The summed E-state index contributed by atoms with van der Waals surface area (Å²) >= 11 is 1.70.